The molecule has 1 saturated carbocycles. The molecule has 0 radical (unpaired) electrons. The number of hydrazine groups is 1. The fraction of sp³-hybridized carbons (Fsp3) is 0.273. The van der Waals surface area contributed by atoms with Gasteiger partial charge in [-0.2, -0.15) is 0 Å². The van der Waals surface area contributed by atoms with Crippen molar-refractivity contribution >= 4 is 23.2 Å². The molecule has 3 N–H and O–H groups in total. The Balaban J connectivity index is 1.79. The van der Waals surface area contributed by atoms with Crippen molar-refractivity contribution in [3.05, 3.63) is 35.6 Å². The summed E-state index contributed by atoms with van der Waals surface area (Å²) < 4.78 is 12.6. The molecule has 90 valence electrons. The highest BCUT2D eigenvalue weighted by Crippen LogP contribution is 2.18. The molecule has 4 nitrogen and oxygen atoms in total. The molecular weight excluding hydrogens is 241 g/mol. The Morgan fingerprint density at radius 2 is 1.88 bits per heavy atom. The van der Waals surface area contributed by atoms with Gasteiger partial charge in [-0.25, -0.2) is 4.39 Å². The fourth-order valence-corrected chi connectivity index (χ4v) is 1.45. The molecule has 1 aliphatic carbocycles. The Hall–Kier alpha value is -1.69. The van der Waals surface area contributed by atoms with Gasteiger partial charge < -0.3 is 5.32 Å². The largest absolute Gasteiger partial charge is 0.359 e. The molecule has 1 amide bonds. The van der Waals surface area contributed by atoms with Crippen LogP contribution in [0.4, 0.5) is 4.39 Å². The number of carbonyl (C=O) groups is 1. The van der Waals surface area contributed by atoms with Crippen LogP contribution in [0.3, 0.4) is 0 Å². The maximum atomic E-state index is 12.6. The molecule has 0 bridgehead atoms. The van der Waals surface area contributed by atoms with Gasteiger partial charge in [-0.1, -0.05) is 0 Å². The van der Waals surface area contributed by atoms with Crippen LogP contribution in [0, 0.1) is 5.82 Å². The van der Waals surface area contributed by atoms with E-state index in [1.165, 1.54) is 24.3 Å². The van der Waals surface area contributed by atoms with Gasteiger partial charge in [-0.3, -0.25) is 15.6 Å². The molecule has 2 rings (SSSR count). The van der Waals surface area contributed by atoms with E-state index in [0.717, 1.165) is 12.8 Å². The molecular formula is C11H12FN3OS. The van der Waals surface area contributed by atoms with Crippen molar-refractivity contribution in [1.82, 2.24) is 16.2 Å². The summed E-state index contributed by atoms with van der Waals surface area (Å²) in [5.74, 6) is -0.731. The van der Waals surface area contributed by atoms with Gasteiger partial charge in [0.15, 0.2) is 5.11 Å². The first-order valence-electron chi connectivity index (χ1n) is 5.27. The Morgan fingerprint density at radius 1 is 1.24 bits per heavy atom. The molecule has 0 aromatic heterocycles. The van der Waals surface area contributed by atoms with Gasteiger partial charge >= 0.3 is 0 Å². The van der Waals surface area contributed by atoms with E-state index in [9.17, 15) is 9.18 Å². The van der Waals surface area contributed by atoms with E-state index in [4.69, 9.17) is 12.2 Å². The lowest BCUT2D eigenvalue weighted by Gasteiger charge is -2.10. The lowest BCUT2D eigenvalue weighted by Crippen LogP contribution is -2.47. The Labute approximate surface area is 104 Å². The highest BCUT2D eigenvalue weighted by atomic mass is 32.1. The number of hydrogen-bond acceptors (Lipinski definition) is 2. The van der Waals surface area contributed by atoms with E-state index >= 15 is 0 Å². The van der Waals surface area contributed by atoms with Crippen molar-refractivity contribution in [2.75, 3.05) is 0 Å². The topological polar surface area (TPSA) is 53.2 Å². The first kappa shape index (κ1) is 11.8. The quantitative estimate of drug-likeness (QED) is 0.545. The maximum Gasteiger partial charge on any atom is 0.269 e. The van der Waals surface area contributed by atoms with Crippen LogP contribution in [-0.2, 0) is 0 Å². The fourth-order valence-electron chi connectivity index (χ4n) is 1.24. The molecule has 0 spiro atoms. The average molecular weight is 253 g/mol. The molecule has 0 saturated heterocycles. The lowest BCUT2D eigenvalue weighted by atomic mass is 10.2. The van der Waals surface area contributed by atoms with Crippen molar-refractivity contribution in [2.24, 2.45) is 0 Å². The van der Waals surface area contributed by atoms with E-state index in [-0.39, 0.29) is 11.7 Å². The van der Waals surface area contributed by atoms with E-state index < -0.39 is 0 Å². The van der Waals surface area contributed by atoms with E-state index in [0.29, 0.717) is 16.7 Å². The monoisotopic (exact) mass is 253 g/mol. The van der Waals surface area contributed by atoms with Gasteiger partial charge in [0.2, 0.25) is 0 Å². The van der Waals surface area contributed by atoms with Gasteiger partial charge in [0.25, 0.3) is 5.91 Å². The van der Waals surface area contributed by atoms with Gasteiger partial charge in [-0.15, -0.1) is 0 Å². The maximum absolute atomic E-state index is 12.6. The van der Waals surface area contributed by atoms with Crippen LogP contribution >= 0.6 is 12.2 Å². The summed E-state index contributed by atoms with van der Waals surface area (Å²) in [7, 11) is 0. The third kappa shape index (κ3) is 3.67. The van der Waals surface area contributed by atoms with Crippen LogP contribution in [0.1, 0.15) is 23.2 Å². The minimum Gasteiger partial charge on any atom is -0.359 e. The van der Waals surface area contributed by atoms with Crippen LogP contribution < -0.4 is 16.2 Å². The summed E-state index contributed by atoms with van der Waals surface area (Å²) in [6.45, 7) is 0. The van der Waals surface area contributed by atoms with Gasteiger partial charge in [0.1, 0.15) is 5.82 Å². The molecule has 0 aliphatic heterocycles. The normalized spacial score (nSPS) is 13.9. The third-order valence-corrected chi connectivity index (χ3v) is 2.53. The van der Waals surface area contributed by atoms with Crippen molar-refractivity contribution in [3.63, 3.8) is 0 Å². The predicted molar refractivity (Wildman–Crippen MR) is 65.8 cm³/mol. The molecule has 6 heteroatoms. The first-order valence-corrected chi connectivity index (χ1v) is 5.68. The summed E-state index contributed by atoms with van der Waals surface area (Å²) in [5.41, 5.74) is 5.40. The molecule has 0 heterocycles. The van der Waals surface area contributed by atoms with Crippen molar-refractivity contribution in [1.29, 1.82) is 0 Å². The third-order valence-electron chi connectivity index (χ3n) is 2.31. The highest BCUT2D eigenvalue weighted by Gasteiger charge is 2.21. The van der Waals surface area contributed by atoms with Crippen LogP contribution in [0.5, 0.6) is 0 Å². The number of thiocarbonyl (C=S) groups is 1. The highest BCUT2D eigenvalue weighted by molar-refractivity contribution is 7.80. The standard InChI is InChI=1S/C11H12FN3OS/c12-8-3-1-7(2-4-8)10(16)14-15-11(17)13-9-5-6-9/h1-4,9H,5-6H2,(H,14,16)(H2,13,15,17). The molecule has 0 atom stereocenters. The SMILES string of the molecule is O=C(NNC(=S)NC1CC1)c1ccc(F)cc1. The average Bonchev–Trinajstić information content (AvgIpc) is 3.11. The van der Waals surface area contributed by atoms with Gasteiger partial charge in [-0.05, 0) is 49.3 Å². The second-order valence-electron chi connectivity index (χ2n) is 3.83. The summed E-state index contributed by atoms with van der Waals surface area (Å²) >= 11 is 4.96. The Kier molecular flexibility index (Phi) is 3.53. The summed E-state index contributed by atoms with van der Waals surface area (Å²) in [5, 5.41) is 3.41. The number of nitrogens with one attached hydrogen (secondary N) is 3. The summed E-state index contributed by atoms with van der Waals surface area (Å²) in [6.07, 6.45) is 2.21. The Morgan fingerprint density at radius 3 is 2.47 bits per heavy atom. The minimum atomic E-state index is -0.375. The van der Waals surface area contributed by atoms with E-state index in [1.807, 2.05) is 0 Å². The number of carbonyl (C=O) groups excluding carboxylic acids is 1. The van der Waals surface area contributed by atoms with Crippen LogP contribution in [0.2, 0.25) is 0 Å². The zero-order valence-electron chi connectivity index (χ0n) is 9.00. The minimum absolute atomic E-state index is 0.357. The summed E-state index contributed by atoms with van der Waals surface area (Å²) in [6, 6.07) is 5.71. The number of amides is 1. The van der Waals surface area contributed by atoms with Crippen molar-refractivity contribution < 1.29 is 9.18 Å². The van der Waals surface area contributed by atoms with Crippen LogP contribution in [-0.4, -0.2) is 17.1 Å². The molecule has 1 aromatic carbocycles. The zero-order valence-corrected chi connectivity index (χ0v) is 9.81. The van der Waals surface area contributed by atoms with Crippen molar-refractivity contribution in [2.45, 2.75) is 18.9 Å². The first-order chi connectivity index (χ1) is 8.15. The van der Waals surface area contributed by atoms with Crippen LogP contribution in [0.25, 0.3) is 0 Å². The van der Waals surface area contributed by atoms with Gasteiger partial charge in [0, 0.05) is 11.6 Å². The predicted octanol–water partition coefficient (Wildman–Crippen LogP) is 1.10. The number of hydrogen-bond donors (Lipinski definition) is 3. The van der Waals surface area contributed by atoms with Crippen LogP contribution in [0.15, 0.2) is 24.3 Å². The molecule has 17 heavy (non-hydrogen) atoms. The molecule has 0 unspecified atom stereocenters. The molecule has 1 aliphatic rings. The number of halogens is 1. The van der Waals surface area contributed by atoms with E-state index in [2.05, 4.69) is 16.2 Å². The Bertz CT molecular complexity index is 431. The smallest absolute Gasteiger partial charge is 0.269 e. The lowest BCUT2D eigenvalue weighted by molar-refractivity contribution is 0.0943. The second-order valence-corrected chi connectivity index (χ2v) is 4.24. The number of benzene rings is 1. The van der Waals surface area contributed by atoms with E-state index in [1.54, 1.807) is 0 Å². The molecule has 1 aromatic rings. The number of rotatable bonds is 2. The zero-order chi connectivity index (χ0) is 12.3. The second kappa shape index (κ2) is 5.09. The molecule has 1 fully saturated rings. The summed E-state index contributed by atoms with van der Waals surface area (Å²) in [4.78, 5) is 11.6. The van der Waals surface area contributed by atoms with Crippen molar-refractivity contribution in [3.8, 4) is 0 Å². The van der Waals surface area contributed by atoms with Gasteiger partial charge in [0.05, 0.1) is 0 Å².